The van der Waals surface area contributed by atoms with E-state index in [2.05, 4.69) is 10.3 Å². The minimum atomic E-state index is -4.84. The third-order valence-electron chi connectivity index (χ3n) is 7.13. The first kappa shape index (κ1) is 26.1. The van der Waals surface area contributed by atoms with E-state index in [4.69, 9.17) is 15.2 Å². The van der Waals surface area contributed by atoms with E-state index in [-0.39, 0.29) is 11.6 Å². The number of pyridine rings is 1. The summed E-state index contributed by atoms with van der Waals surface area (Å²) in [4.78, 5) is 19.5. The van der Waals surface area contributed by atoms with Crippen molar-refractivity contribution in [3.05, 3.63) is 47.7 Å². The third kappa shape index (κ3) is 4.47. The number of anilines is 2. The van der Waals surface area contributed by atoms with Crippen LogP contribution in [0.1, 0.15) is 31.7 Å². The number of nitrogens with one attached hydrogen (secondary N) is 1. The van der Waals surface area contributed by atoms with E-state index < -0.39 is 53.0 Å². The molecule has 196 valence electrons. The van der Waals surface area contributed by atoms with Crippen LogP contribution in [0.3, 0.4) is 0 Å². The number of hydrogen-bond acceptors (Lipinski definition) is 6. The molecule has 12 heteroatoms. The summed E-state index contributed by atoms with van der Waals surface area (Å²) in [6.07, 6.45) is -4.28. The summed E-state index contributed by atoms with van der Waals surface area (Å²) in [5.41, 5.74) is 3.40. The third-order valence-corrected chi connectivity index (χ3v) is 7.13. The quantitative estimate of drug-likeness (QED) is 0.587. The van der Waals surface area contributed by atoms with Gasteiger partial charge in [-0.15, -0.1) is 0 Å². The largest absolute Gasteiger partial charge is 0.493 e. The molecule has 3 heterocycles. The topological polar surface area (TPSA) is 89.7 Å². The second-order valence-electron chi connectivity index (χ2n) is 9.33. The Bertz CT molecular complexity index is 1150. The molecule has 1 aromatic carbocycles. The Morgan fingerprint density at radius 3 is 2.64 bits per heavy atom. The first-order valence-corrected chi connectivity index (χ1v) is 11.4. The summed E-state index contributed by atoms with van der Waals surface area (Å²) in [5.74, 6) is -6.11. The van der Waals surface area contributed by atoms with Crippen LogP contribution in [0.25, 0.3) is 0 Å². The molecule has 2 aromatic rings. The lowest BCUT2D eigenvalue weighted by atomic mass is 9.77. The van der Waals surface area contributed by atoms with Crippen molar-refractivity contribution in [3.63, 3.8) is 0 Å². The lowest BCUT2D eigenvalue weighted by Crippen LogP contribution is -2.47. The van der Waals surface area contributed by atoms with Gasteiger partial charge in [0.2, 0.25) is 5.82 Å². The molecule has 2 saturated heterocycles. The molecule has 3 N–H and O–H groups in total. The van der Waals surface area contributed by atoms with Crippen LogP contribution in [0.4, 0.5) is 33.5 Å². The Hall–Kier alpha value is -2.99. The maximum atomic E-state index is 14.5. The van der Waals surface area contributed by atoms with Crippen LogP contribution in [0.2, 0.25) is 0 Å². The normalized spacial score (nSPS) is 28.4. The molecular weight excluding hydrogens is 487 g/mol. The van der Waals surface area contributed by atoms with Gasteiger partial charge in [0.05, 0.1) is 7.11 Å². The molecule has 36 heavy (non-hydrogen) atoms. The van der Waals surface area contributed by atoms with Crippen molar-refractivity contribution in [2.45, 2.75) is 50.1 Å². The monoisotopic (exact) mass is 514 g/mol. The number of amides is 1. The molecule has 7 nitrogen and oxygen atoms in total. The first-order valence-electron chi connectivity index (χ1n) is 11.4. The van der Waals surface area contributed by atoms with E-state index >= 15 is 0 Å². The second kappa shape index (κ2) is 9.47. The molecule has 0 saturated carbocycles. The number of benzene rings is 1. The minimum Gasteiger partial charge on any atom is -0.493 e. The van der Waals surface area contributed by atoms with Gasteiger partial charge in [0, 0.05) is 54.5 Å². The fourth-order valence-corrected chi connectivity index (χ4v) is 4.92. The minimum absolute atomic E-state index is 0.00897. The summed E-state index contributed by atoms with van der Waals surface area (Å²) < 4.78 is 81.0. The fourth-order valence-electron chi connectivity index (χ4n) is 4.92. The number of aromatic nitrogens is 1. The first-order chi connectivity index (χ1) is 16.9. The number of halogens is 5. The van der Waals surface area contributed by atoms with Crippen LogP contribution < -0.4 is 20.7 Å². The van der Waals surface area contributed by atoms with Crippen LogP contribution in [0.5, 0.6) is 5.75 Å². The van der Waals surface area contributed by atoms with Gasteiger partial charge < -0.3 is 25.4 Å². The predicted molar refractivity (Wildman–Crippen MR) is 122 cm³/mol. The van der Waals surface area contributed by atoms with E-state index in [0.29, 0.717) is 24.6 Å². The summed E-state index contributed by atoms with van der Waals surface area (Å²) in [7, 11) is 1.07. The Morgan fingerprint density at radius 2 is 2.03 bits per heavy atom. The Balaban J connectivity index is 1.69. The van der Waals surface area contributed by atoms with E-state index in [1.807, 2.05) is 4.90 Å². The highest BCUT2D eigenvalue weighted by atomic mass is 19.4. The maximum Gasteiger partial charge on any atom is 0.417 e. The summed E-state index contributed by atoms with van der Waals surface area (Å²) in [6, 6.07) is 4.97. The Morgan fingerprint density at radius 1 is 1.31 bits per heavy atom. The maximum absolute atomic E-state index is 14.5. The fraction of sp³-hybridized carbons (Fsp3) is 0.500. The molecule has 0 spiro atoms. The van der Waals surface area contributed by atoms with Crippen molar-refractivity contribution in [1.82, 2.24) is 4.98 Å². The number of rotatable bonds is 5. The second-order valence-corrected chi connectivity index (χ2v) is 9.33. The number of methoxy groups -OCH3 is 1. The highest BCUT2D eigenvalue weighted by Crippen LogP contribution is 2.55. The average molecular weight is 514 g/mol. The van der Waals surface area contributed by atoms with Crippen molar-refractivity contribution in [3.8, 4) is 5.75 Å². The van der Waals surface area contributed by atoms with Gasteiger partial charge in [-0.05, 0) is 25.5 Å². The van der Waals surface area contributed by atoms with Crippen LogP contribution in [0, 0.1) is 17.6 Å². The van der Waals surface area contributed by atoms with E-state index in [1.54, 1.807) is 6.07 Å². The van der Waals surface area contributed by atoms with Gasteiger partial charge in [-0.3, -0.25) is 4.79 Å². The molecule has 5 atom stereocenters. The van der Waals surface area contributed by atoms with E-state index in [9.17, 15) is 26.7 Å². The van der Waals surface area contributed by atoms with Gasteiger partial charge in [-0.25, -0.2) is 9.37 Å². The number of alkyl halides is 3. The van der Waals surface area contributed by atoms with Gasteiger partial charge in [0.15, 0.2) is 17.2 Å². The molecule has 0 unspecified atom stereocenters. The van der Waals surface area contributed by atoms with Gasteiger partial charge in [0.25, 0.3) is 5.91 Å². The highest BCUT2D eigenvalue weighted by molar-refractivity contribution is 5.95. The van der Waals surface area contributed by atoms with Crippen molar-refractivity contribution in [2.75, 3.05) is 30.4 Å². The lowest BCUT2D eigenvalue weighted by Gasteiger charge is -2.32. The van der Waals surface area contributed by atoms with Gasteiger partial charge >= 0.3 is 6.18 Å². The average Bonchev–Trinajstić information content (AvgIpc) is 3.37. The molecule has 1 aromatic heterocycles. The smallest absolute Gasteiger partial charge is 0.417 e. The molecule has 1 amide bonds. The molecular formula is C24H27F5N4O3. The number of carbonyl (C=O) groups excluding carboxylic acids is 1. The SMILES string of the molecule is COc1c([C@H]2[C@H](C(=O)Nc3ccnc(N4CC[C@@H](N)C4)c3)O[C@@](C)(C(F)(F)F)[C@H]2C)ccc(F)c1F. The highest BCUT2D eigenvalue weighted by Gasteiger charge is 2.65. The van der Waals surface area contributed by atoms with Gasteiger partial charge in [-0.2, -0.15) is 17.6 Å². The summed E-state index contributed by atoms with van der Waals surface area (Å²) >= 11 is 0. The Kier molecular flexibility index (Phi) is 6.86. The molecule has 2 fully saturated rings. The molecule has 2 aliphatic rings. The van der Waals surface area contributed by atoms with Gasteiger partial charge in [0.1, 0.15) is 11.9 Å². The molecule has 4 rings (SSSR count). The summed E-state index contributed by atoms with van der Waals surface area (Å²) in [5, 5.41) is 2.59. The molecule has 0 radical (unpaired) electrons. The summed E-state index contributed by atoms with van der Waals surface area (Å²) in [6.45, 7) is 3.35. The van der Waals surface area contributed by atoms with Crippen molar-refractivity contribution >= 4 is 17.4 Å². The predicted octanol–water partition coefficient (Wildman–Crippen LogP) is 3.98. The van der Waals surface area contributed by atoms with E-state index in [0.717, 1.165) is 32.6 Å². The molecule has 2 aliphatic heterocycles. The zero-order valence-corrected chi connectivity index (χ0v) is 19.9. The van der Waals surface area contributed by atoms with Crippen LogP contribution in [-0.2, 0) is 9.53 Å². The molecule has 0 aliphatic carbocycles. The van der Waals surface area contributed by atoms with Gasteiger partial charge in [-0.1, -0.05) is 13.0 Å². The number of nitrogens with zero attached hydrogens (tertiary/aromatic N) is 2. The van der Waals surface area contributed by atoms with Crippen LogP contribution >= 0.6 is 0 Å². The van der Waals surface area contributed by atoms with Crippen LogP contribution in [-0.4, -0.2) is 55.0 Å². The number of hydrogen-bond donors (Lipinski definition) is 2. The van der Waals surface area contributed by atoms with E-state index in [1.165, 1.54) is 19.2 Å². The lowest BCUT2D eigenvalue weighted by molar-refractivity contribution is -0.272. The van der Waals surface area contributed by atoms with Crippen molar-refractivity contribution < 1.29 is 36.2 Å². The number of ether oxygens (including phenoxy) is 2. The standard InChI is InChI=1S/C24H27F5N4O3/c1-12-18(15-4-5-16(25)19(26)20(15)35-3)21(36-23(12,2)24(27,28)29)22(34)32-14-6-8-31-17(10-14)33-9-7-13(30)11-33/h4-6,8,10,12-13,18,21H,7,9,11,30H2,1-3H3,(H,31,32,34)/t12-,13+,18-,21+,23+/m0/s1. The number of nitrogens with two attached hydrogens (primary N) is 1. The Labute approximate surface area is 204 Å². The zero-order valence-electron chi connectivity index (χ0n) is 19.9. The van der Waals surface area contributed by atoms with Crippen LogP contribution in [0.15, 0.2) is 30.5 Å². The van der Waals surface area contributed by atoms with Crippen molar-refractivity contribution in [1.29, 1.82) is 0 Å². The van der Waals surface area contributed by atoms with Crippen molar-refractivity contribution in [2.24, 2.45) is 11.7 Å². The number of carbonyl (C=O) groups is 1. The molecule has 0 bridgehead atoms. The zero-order chi connectivity index (χ0) is 26.4.